The third-order valence-electron chi connectivity index (χ3n) is 5.90. The lowest BCUT2D eigenvalue weighted by Gasteiger charge is -2.36. The summed E-state index contributed by atoms with van der Waals surface area (Å²) < 4.78 is 27.6. The number of rotatable bonds is 7. The van der Waals surface area contributed by atoms with E-state index in [-0.39, 0.29) is 10.5 Å². The van der Waals surface area contributed by atoms with Gasteiger partial charge in [0.1, 0.15) is 4.90 Å². The molecule has 11 heteroatoms. The van der Waals surface area contributed by atoms with E-state index in [2.05, 4.69) is 18.7 Å². The highest BCUT2D eigenvalue weighted by atomic mass is 32.2. The van der Waals surface area contributed by atoms with Crippen LogP contribution < -0.4 is 0 Å². The number of carboxylic acids is 2. The van der Waals surface area contributed by atoms with Gasteiger partial charge in [-0.2, -0.15) is 11.8 Å². The molecule has 0 aromatic heterocycles. The van der Waals surface area contributed by atoms with E-state index >= 15 is 0 Å². The zero-order valence-corrected chi connectivity index (χ0v) is 22.2. The summed E-state index contributed by atoms with van der Waals surface area (Å²) in [5.74, 6) is -2.94. The highest BCUT2D eigenvalue weighted by Gasteiger charge is 2.45. The van der Waals surface area contributed by atoms with Crippen LogP contribution in [0.15, 0.2) is 71.6 Å². The summed E-state index contributed by atoms with van der Waals surface area (Å²) in [6.45, 7) is 7.18. The fourth-order valence-corrected chi connectivity index (χ4v) is 7.68. The number of amides is 1. The van der Waals surface area contributed by atoms with Crippen molar-refractivity contribution in [2.45, 2.75) is 41.7 Å². The van der Waals surface area contributed by atoms with E-state index in [1.54, 1.807) is 18.2 Å². The van der Waals surface area contributed by atoms with Gasteiger partial charge in [-0.25, -0.2) is 22.3 Å². The first-order valence-electron chi connectivity index (χ1n) is 11.7. The summed E-state index contributed by atoms with van der Waals surface area (Å²) in [7, 11) is -3.86. The van der Waals surface area contributed by atoms with Gasteiger partial charge >= 0.3 is 11.9 Å². The van der Waals surface area contributed by atoms with Crippen LogP contribution in [0.1, 0.15) is 42.2 Å². The average molecular weight is 547 g/mol. The molecule has 4 rings (SSSR count). The van der Waals surface area contributed by atoms with E-state index in [0.717, 1.165) is 29.5 Å². The molecule has 0 radical (unpaired) electrons. The van der Waals surface area contributed by atoms with Gasteiger partial charge in [-0.15, -0.1) is 0 Å². The molecule has 3 atom stereocenters. The predicted octanol–water partition coefficient (Wildman–Crippen LogP) is 3.50. The van der Waals surface area contributed by atoms with Crippen molar-refractivity contribution < 1.29 is 33.0 Å². The van der Waals surface area contributed by atoms with Gasteiger partial charge in [0.2, 0.25) is 0 Å². The zero-order valence-electron chi connectivity index (χ0n) is 20.6. The Morgan fingerprint density at radius 1 is 0.973 bits per heavy atom. The smallest absolute Gasteiger partial charge is 0.328 e. The van der Waals surface area contributed by atoms with E-state index in [1.807, 2.05) is 42.1 Å². The summed E-state index contributed by atoms with van der Waals surface area (Å²) in [6, 6.07) is 15.5. The standard InChI is InChI=1S/C22H26N2O3S2.C4H4O4/c1-16-14-23(15-17(2)28-16)13-12-20(18-8-4-3-5-9-18)24-22(25)19-10-6-7-11-21(19)29(24,26)27;5-3(6)1-2-4(7)8/h3-11,16-17,20H,12-15H2,1-2H3;1-2H,(H,5,6)(H,7,8). The van der Waals surface area contributed by atoms with Crippen molar-refractivity contribution in [2.75, 3.05) is 19.6 Å². The maximum atomic E-state index is 13.3. The summed E-state index contributed by atoms with van der Waals surface area (Å²) in [6.07, 6.45) is 1.69. The number of hydrogen-bond donors (Lipinski definition) is 2. The summed E-state index contributed by atoms with van der Waals surface area (Å²) in [5.41, 5.74) is 1.12. The maximum Gasteiger partial charge on any atom is 0.328 e. The Morgan fingerprint density at radius 2 is 1.51 bits per heavy atom. The molecule has 1 saturated heterocycles. The van der Waals surface area contributed by atoms with Crippen LogP contribution in [-0.4, -0.2) is 75.8 Å². The summed E-state index contributed by atoms with van der Waals surface area (Å²) in [5, 5.41) is 16.7. The first kappa shape index (κ1) is 28.4. The zero-order chi connectivity index (χ0) is 27.2. The third-order valence-corrected chi connectivity index (χ3v) is 8.98. The molecule has 2 aromatic rings. The number of benzene rings is 2. The molecule has 2 N–H and O–H groups in total. The molecule has 1 amide bonds. The second kappa shape index (κ2) is 12.4. The van der Waals surface area contributed by atoms with Crippen LogP contribution in [0.4, 0.5) is 0 Å². The molecule has 37 heavy (non-hydrogen) atoms. The van der Waals surface area contributed by atoms with Crippen LogP contribution in [0.5, 0.6) is 0 Å². The summed E-state index contributed by atoms with van der Waals surface area (Å²) in [4.78, 5) is 34.7. The minimum Gasteiger partial charge on any atom is -0.478 e. The van der Waals surface area contributed by atoms with Crippen molar-refractivity contribution in [2.24, 2.45) is 0 Å². The molecule has 2 aliphatic rings. The first-order valence-corrected chi connectivity index (χ1v) is 14.1. The minimum atomic E-state index is -3.86. The van der Waals surface area contributed by atoms with Gasteiger partial charge in [-0.3, -0.25) is 4.79 Å². The number of nitrogens with zero attached hydrogens (tertiary/aromatic N) is 2. The largest absolute Gasteiger partial charge is 0.478 e. The molecule has 2 heterocycles. The fraction of sp³-hybridized carbons (Fsp3) is 0.346. The van der Waals surface area contributed by atoms with Crippen molar-refractivity contribution in [1.82, 2.24) is 9.21 Å². The first-order chi connectivity index (χ1) is 17.5. The van der Waals surface area contributed by atoms with E-state index in [0.29, 0.717) is 29.1 Å². The molecule has 3 unspecified atom stereocenters. The Labute approximate surface area is 220 Å². The quantitative estimate of drug-likeness (QED) is 0.501. The molecule has 0 aliphatic carbocycles. The van der Waals surface area contributed by atoms with Gasteiger partial charge in [0.25, 0.3) is 15.9 Å². The van der Waals surface area contributed by atoms with Crippen molar-refractivity contribution in [3.8, 4) is 0 Å². The van der Waals surface area contributed by atoms with Crippen LogP contribution in [0.2, 0.25) is 0 Å². The molecular weight excluding hydrogens is 516 g/mol. The SMILES string of the molecule is CC1CN(CCC(c2ccccc2)N2C(=O)c3ccccc3S2(=O)=O)CC(C)S1.O=C(O)C=CC(=O)O. The Morgan fingerprint density at radius 3 is 2.05 bits per heavy atom. The third kappa shape index (κ3) is 7.21. The minimum absolute atomic E-state index is 0.113. The van der Waals surface area contributed by atoms with Crippen LogP contribution in [0.3, 0.4) is 0 Å². The van der Waals surface area contributed by atoms with Crippen LogP contribution in [-0.2, 0) is 19.6 Å². The lowest BCUT2D eigenvalue weighted by Crippen LogP contribution is -2.42. The topological polar surface area (TPSA) is 132 Å². The van der Waals surface area contributed by atoms with Crippen molar-refractivity contribution >= 4 is 39.6 Å². The molecule has 0 saturated carbocycles. The second-order valence-electron chi connectivity index (χ2n) is 8.84. The van der Waals surface area contributed by atoms with Crippen molar-refractivity contribution in [3.05, 3.63) is 77.9 Å². The Kier molecular flexibility index (Phi) is 9.52. The highest BCUT2D eigenvalue weighted by Crippen LogP contribution is 2.39. The molecule has 198 valence electrons. The number of carboxylic acid groups (broad SMARTS) is 2. The molecule has 0 bridgehead atoms. The average Bonchev–Trinajstić information content (AvgIpc) is 3.04. The highest BCUT2D eigenvalue weighted by molar-refractivity contribution is 8.00. The normalized spacial score (nSPS) is 21.7. The molecular formula is C26H30N2O7S2. The maximum absolute atomic E-state index is 13.3. The van der Waals surface area contributed by atoms with Crippen molar-refractivity contribution in [1.29, 1.82) is 0 Å². The number of carbonyl (C=O) groups excluding carboxylic acids is 1. The second-order valence-corrected chi connectivity index (χ2v) is 12.5. The lowest BCUT2D eigenvalue weighted by molar-refractivity contribution is -0.134. The van der Waals surface area contributed by atoms with E-state index < -0.39 is 33.9 Å². The van der Waals surface area contributed by atoms with Gasteiger partial charge < -0.3 is 15.1 Å². The number of fused-ring (bicyclic) bond motifs is 1. The van der Waals surface area contributed by atoms with Gasteiger partial charge in [-0.05, 0) is 24.1 Å². The number of sulfonamides is 1. The van der Waals surface area contributed by atoms with E-state index in [1.165, 1.54) is 6.07 Å². The van der Waals surface area contributed by atoms with Crippen LogP contribution in [0, 0.1) is 0 Å². The number of hydrogen-bond acceptors (Lipinski definition) is 7. The Hall–Kier alpha value is -3.15. The molecule has 1 fully saturated rings. The number of thioether (sulfide) groups is 1. The molecule has 2 aromatic carbocycles. The van der Waals surface area contributed by atoms with E-state index in [9.17, 15) is 22.8 Å². The van der Waals surface area contributed by atoms with Gasteiger partial charge in [0, 0.05) is 42.3 Å². The summed E-state index contributed by atoms with van der Waals surface area (Å²) >= 11 is 1.99. The molecule has 9 nitrogen and oxygen atoms in total. The van der Waals surface area contributed by atoms with Gasteiger partial charge in [0.15, 0.2) is 0 Å². The van der Waals surface area contributed by atoms with Crippen LogP contribution in [0.25, 0.3) is 0 Å². The van der Waals surface area contributed by atoms with Gasteiger partial charge in [0.05, 0.1) is 11.6 Å². The lowest BCUT2D eigenvalue weighted by atomic mass is 10.0. The Balaban J connectivity index is 0.000000414. The van der Waals surface area contributed by atoms with Crippen LogP contribution >= 0.6 is 11.8 Å². The number of carbonyl (C=O) groups is 3. The monoisotopic (exact) mass is 546 g/mol. The molecule has 0 spiro atoms. The fourth-order valence-electron chi connectivity index (χ4n) is 4.52. The van der Waals surface area contributed by atoms with E-state index in [4.69, 9.17) is 10.2 Å². The van der Waals surface area contributed by atoms with Crippen molar-refractivity contribution in [3.63, 3.8) is 0 Å². The molecule has 2 aliphatic heterocycles. The predicted molar refractivity (Wildman–Crippen MR) is 141 cm³/mol. The van der Waals surface area contributed by atoms with Gasteiger partial charge in [-0.1, -0.05) is 56.3 Å². The Bertz CT molecular complexity index is 1240. The number of aliphatic carboxylic acids is 2.